The molecule has 1 rings (SSSR count). The average Bonchev–Trinajstić information content (AvgIpc) is 2.45. The number of aliphatic imine (C=N–C) groups is 1. The standard InChI is InChI=1S/C16H23N3.HI/c1-4-12-18-16(17-6-3)19-13-11-15-9-7-14(5-2)8-10-15;/h1,7-10H,5-6,11-13H2,2-3H3,(H2,17,18,19);1H. The van der Waals surface area contributed by atoms with E-state index in [0.717, 1.165) is 31.9 Å². The topological polar surface area (TPSA) is 36.4 Å². The number of guanidine groups is 1. The van der Waals surface area contributed by atoms with Crippen LogP contribution in [0.5, 0.6) is 0 Å². The molecule has 0 saturated carbocycles. The lowest BCUT2D eigenvalue weighted by molar-refractivity contribution is 0.855. The maximum absolute atomic E-state index is 5.22. The predicted octanol–water partition coefficient (Wildman–Crippen LogP) is 2.60. The normalized spacial score (nSPS) is 10.3. The Hall–Kier alpha value is -1.22. The molecule has 0 amide bonds. The molecule has 0 heterocycles. The van der Waals surface area contributed by atoms with Gasteiger partial charge in [-0.25, -0.2) is 0 Å². The van der Waals surface area contributed by atoms with Crippen molar-refractivity contribution in [3.8, 4) is 12.3 Å². The van der Waals surface area contributed by atoms with Crippen molar-refractivity contribution < 1.29 is 0 Å². The van der Waals surface area contributed by atoms with Gasteiger partial charge in [0.1, 0.15) is 0 Å². The molecule has 0 fully saturated rings. The molecule has 0 aromatic heterocycles. The summed E-state index contributed by atoms with van der Waals surface area (Å²) in [6.45, 7) is 6.29. The lowest BCUT2D eigenvalue weighted by Crippen LogP contribution is -2.37. The molecule has 0 saturated heterocycles. The SMILES string of the molecule is C#CCNC(=NCCc1ccc(CC)cc1)NCC.I. The predicted molar refractivity (Wildman–Crippen MR) is 97.8 cm³/mol. The summed E-state index contributed by atoms with van der Waals surface area (Å²) in [5, 5.41) is 6.24. The summed E-state index contributed by atoms with van der Waals surface area (Å²) in [6.07, 6.45) is 7.25. The first kappa shape index (κ1) is 18.8. The zero-order chi connectivity index (χ0) is 13.9. The molecule has 3 nitrogen and oxygen atoms in total. The zero-order valence-corrected chi connectivity index (χ0v) is 14.6. The average molecular weight is 385 g/mol. The summed E-state index contributed by atoms with van der Waals surface area (Å²) in [5.41, 5.74) is 2.69. The number of halogens is 1. The molecule has 0 bridgehead atoms. The van der Waals surface area contributed by atoms with Crippen molar-refractivity contribution in [2.75, 3.05) is 19.6 Å². The van der Waals surface area contributed by atoms with Crippen molar-refractivity contribution in [3.05, 3.63) is 35.4 Å². The minimum Gasteiger partial charge on any atom is -0.357 e. The Kier molecular flexibility index (Phi) is 10.9. The Balaban J connectivity index is 0.00000361. The monoisotopic (exact) mass is 385 g/mol. The van der Waals surface area contributed by atoms with Crippen molar-refractivity contribution in [1.29, 1.82) is 0 Å². The van der Waals surface area contributed by atoms with Gasteiger partial charge in [0, 0.05) is 13.1 Å². The summed E-state index contributed by atoms with van der Waals surface area (Å²) in [4.78, 5) is 4.49. The van der Waals surface area contributed by atoms with E-state index in [1.165, 1.54) is 11.1 Å². The maximum Gasteiger partial charge on any atom is 0.192 e. The number of aryl methyl sites for hydroxylation is 1. The Morgan fingerprint density at radius 3 is 2.35 bits per heavy atom. The molecule has 1 aromatic rings. The van der Waals surface area contributed by atoms with Crippen molar-refractivity contribution in [3.63, 3.8) is 0 Å². The smallest absolute Gasteiger partial charge is 0.192 e. The first-order valence-corrected chi connectivity index (χ1v) is 6.83. The van der Waals surface area contributed by atoms with E-state index in [9.17, 15) is 0 Å². The second kappa shape index (κ2) is 11.6. The molecule has 0 aliphatic heterocycles. The van der Waals surface area contributed by atoms with Gasteiger partial charge in [-0.1, -0.05) is 37.1 Å². The van der Waals surface area contributed by atoms with Gasteiger partial charge in [0.15, 0.2) is 5.96 Å². The highest BCUT2D eigenvalue weighted by molar-refractivity contribution is 14.0. The molecule has 4 heteroatoms. The van der Waals surface area contributed by atoms with E-state index in [-0.39, 0.29) is 24.0 Å². The van der Waals surface area contributed by atoms with Gasteiger partial charge in [-0.3, -0.25) is 4.99 Å². The molecular weight excluding hydrogens is 361 g/mol. The molecule has 0 aliphatic carbocycles. The second-order valence-corrected chi connectivity index (χ2v) is 4.24. The van der Waals surface area contributed by atoms with E-state index < -0.39 is 0 Å². The number of terminal acetylenes is 1. The fourth-order valence-electron chi connectivity index (χ4n) is 1.71. The fourth-order valence-corrected chi connectivity index (χ4v) is 1.71. The van der Waals surface area contributed by atoms with Gasteiger partial charge < -0.3 is 10.6 Å². The molecule has 0 atom stereocenters. The Morgan fingerprint density at radius 2 is 1.80 bits per heavy atom. The zero-order valence-electron chi connectivity index (χ0n) is 12.3. The molecular formula is C16H24IN3. The van der Waals surface area contributed by atoms with E-state index in [1.54, 1.807) is 0 Å². The van der Waals surface area contributed by atoms with Gasteiger partial charge in [-0.15, -0.1) is 30.4 Å². The summed E-state index contributed by atoms with van der Waals surface area (Å²) in [5.74, 6) is 3.33. The fraction of sp³-hybridized carbons (Fsp3) is 0.438. The third kappa shape index (κ3) is 7.39. The first-order chi connectivity index (χ1) is 9.30. The van der Waals surface area contributed by atoms with E-state index >= 15 is 0 Å². The minimum atomic E-state index is 0. The van der Waals surface area contributed by atoms with Gasteiger partial charge in [0.2, 0.25) is 0 Å². The van der Waals surface area contributed by atoms with Gasteiger partial charge in [0.25, 0.3) is 0 Å². The van der Waals surface area contributed by atoms with Gasteiger partial charge in [-0.2, -0.15) is 0 Å². The second-order valence-electron chi connectivity index (χ2n) is 4.24. The molecule has 0 unspecified atom stereocenters. The van der Waals surface area contributed by atoms with Crippen LogP contribution in [0.4, 0.5) is 0 Å². The molecule has 0 spiro atoms. The number of nitrogens with one attached hydrogen (secondary N) is 2. The number of nitrogens with zero attached hydrogens (tertiary/aromatic N) is 1. The van der Waals surface area contributed by atoms with E-state index in [4.69, 9.17) is 6.42 Å². The maximum atomic E-state index is 5.22. The first-order valence-electron chi connectivity index (χ1n) is 6.83. The van der Waals surface area contributed by atoms with Crippen molar-refractivity contribution in [1.82, 2.24) is 10.6 Å². The number of hydrogen-bond acceptors (Lipinski definition) is 1. The third-order valence-electron chi connectivity index (χ3n) is 2.80. The molecule has 0 aliphatic rings. The number of rotatable bonds is 6. The highest BCUT2D eigenvalue weighted by atomic mass is 127. The minimum absolute atomic E-state index is 0. The Labute approximate surface area is 139 Å². The molecule has 110 valence electrons. The largest absolute Gasteiger partial charge is 0.357 e. The van der Waals surface area contributed by atoms with Crippen molar-refractivity contribution >= 4 is 29.9 Å². The van der Waals surface area contributed by atoms with E-state index in [2.05, 4.69) is 52.7 Å². The number of hydrogen-bond donors (Lipinski definition) is 2. The number of benzene rings is 1. The lowest BCUT2D eigenvalue weighted by atomic mass is 10.1. The summed E-state index contributed by atoms with van der Waals surface area (Å²) in [6, 6.07) is 8.72. The lowest BCUT2D eigenvalue weighted by Gasteiger charge is -2.08. The van der Waals surface area contributed by atoms with Crippen LogP contribution in [0, 0.1) is 12.3 Å². The van der Waals surface area contributed by atoms with Crippen LogP contribution in [0.15, 0.2) is 29.3 Å². The van der Waals surface area contributed by atoms with Crippen molar-refractivity contribution in [2.45, 2.75) is 26.7 Å². The summed E-state index contributed by atoms with van der Waals surface area (Å²) < 4.78 is 0. The van der Waals surface area contributed by atoms with Gasteiger partial charge in [-0.05, 0) is 30.9 Å². The van der Waals surface area contributed by atoms with Gasteiger partial charge in [0.05, 0.1) is 6.54 Å². The molecule has 0 radical (unpaired) electrons. The third-order valence-corrected chi connectivity index (χ3v) is 2.80. The quantitative estimate of drug-likeness (QED) is 0.342. The van der Waals surface area contributed by atoms with Crippen LogP contribution in [0.2, 0.25) is 0 Å². The van der Waals surface area contributed by atoms with Crippen LogP contribution in [-0.2, 0) is 12.8 Å². The molecule has 2 N–H and O–H groups in total. The molecule has 1 aromatic carbocycles. The van der Waals surface area contributed by atoms with Crippen LogP contribution in [0.3, 0.4) is 0 Å². The summed E-state index contributed by atoms with van der Waals surface area (Å²) >= 11 is 0. The van der Waals surface area contributed by atoms with Crippen LogP contribution < -0.4 is 10.6 Å². The highest BCUT2D eigenvalue weighted by Gasteiger charge is 1.96. The Bertz CT molecular complexity index is 432. The van der Waals surface area contributed by atoms with E-state index in [1.807, 2.05) is 6.92 Å². The summed E-state index contributed by atoms with van der Waals surface area (Å²) in [7, 11) is 0. The van der Waals surface area contributed by atoms with E-state index in [0.29, 0.717) is 6.54 Å². The van der Waals surface area contributed by atoms with Crippen LogP contribution in [-0.4, -0.2) is 25.6 Å². The van der Waals surface area contributed by atoms with Crippen LogP contribution in [0.1, 0.15) is 25.0 Å². The van der Waals surface area contributed by atoms with Crippen molar-refractivity contribution in [2.24, 2.45) is 4.99 Å². The Morgan fingerprint density at radius 1 is 1.15 bits per heavy atom. The molecule has 20 heavy (non-hydrogen) atoms. The van der Waals surface area contributed by atoms with Crippen LogP contribution in [0.25, 0.3) is 0 Å². The highest BCUT2D eigenvalue weighted by Crippen LogP contribution is 2.05. The van der Waals surface area contributed by atoms with Crippen LogP contribution >= 0.6 is 24.0 Å². The van der Waals surface area contributed by atoms with Gasteiger partial charge >= 0.3 is 0 Å².